The number of fused-ring (bicyclic) bond motifs is 2. The molecule has 0 fully saturated rings. The number of nitrogens with one attached hydrogen (secondary N) is 1. The van der Waals surface area contributed by atoms with E-state index in [0.717, 1.165) is 38.8 Å². The van der Waals surface area contributed by atoms with Crippen molar-refractivity contribution in [2.45, 2.75) is 6.61 Å². The molecule has 0 atom stereocenters. The van der Waals surface area contributed by atoms with Crippen molar-refractivity contribution in [3.05, 3.63) is 73.1 Å². The number of nitrogens with zero attached hydrogens (tertiary/aromatic N) is 4. The van der Waals surface area contributed by atoms with E-state index in [1.54, 1.807) is 6.20 Å². The lowest BCUT2D eigenvalue weighted by Crippen LogP contribution is -1.89. The highest BCUT2D eigenvalue weighted by atomic mass is 16.3. The van der Waals surface area contributed by atoms with Crippen LogP contribution in [0, 0.1) is 0 Å². The Morgan fingerprint density at radius 3 is 2.85 bits per heavy atom. The molecule has 26 heavy (non-hydrogen) atoms. The van der Waals surface area contributed by atoms with Crippen LogP contribution >= 0.6 is 0 Å². The van der Waals surface area contributed by atoms with Crippen molar-refractivity contribution in [1.82, 2.24) is 24.6 Å². The first-order valence-electron chi connectivity index (χ1n) is 8.29. The Hall–Kier alpha value is -3.51. The van der Waals surface area contributed by atoms with Gasteiger partial charge in [0.1, 0.15) is 5.65 Å². The molecule has 0 radical (unpaired) electrons. The average Bonchev–Trinajstić information content (AvgIpc) is 3.31. The first-order valence-corrected chi connectivity index (χ1v) is 8.29. The summed E-state index contributed by atoms with van der Waals surface area (Å²) < 4.78 is 1.86. The number of aromatic amines is 1. The first-order chi connectivity index (χ1) is 12.8. The van der Waals surface area contributed by atoms with Gasteiger partial charge in [-0.2, -0.15) is 5.10 Å². The van der Waals surface area contributed by atoms with E-state index < -0.39 is 0 Å². The second kappa shape index (κ2) is 5.79. The van der Waals surface area contributed by atoms with Crippen molar-refractivity contribution >= 4 is 16.6 Å². The predicted octanol–water partition coefficient (Wildman–Crippen LogP) is 3.43. The maximum Gasteiger partial charge on any atom is 0.138 e. The molecule has 5 heterocycles. The van der Waals surface area contributed by atoms with Crippen LogP contribution in [0.25, 0.3) is 38.8 Å². The van der Waals surface area contributed by atoms with Crippen LogP contribution in [0.5, 0.6) is 0 Å². The number of aliphatic hydroxyl groups is 1. The van der Waals surface area contributed by atoms with E-state index in [-0.39, 0.29) is 6.61 Å². The minimum absolute atomic E-state index is 0.0689. The van der Waals surface area contributed by atoms with Gasteiger partial charge in [0.25, 0.3) is 0 Å². The van der Waals surface area contributed by atoms with Crippen molar-refractivity contribution in [1.29, 1.82) is 0 Å². The van der Waals surface area contributed by atoms with E-state index in [0.29, 0.717) is 5.69 Å². The Morgan fingerprint density at radius 1 is 1.04 bits per heavy atom. The molecular weight excluding hydrogens is 326 g/mol. The molecule has 0 aliphatic rings. The zero-order chi connectivity index (χ0) is 17.5. The van der Waals surface area contributed by atoms with E-state index in [9.17, 15) is 5.11 Å². The molecule has 2 N–H and O–H groups in total. The van der Waals surface area contributed by atoms with Crippen molar-refractivity contribution in [2.75, 3.05) is 0 Å². The third kappa shape index (κ3) is 2.28. The van der Waals surface area contributed by atoms with Gasteiger partial charge in [-0.05, 0) is 35.9 Å². The van der Waals surface area contributed by atoms with Crippen LogP contribution in [0.4, 0.5) is 0 Å². The number of hydrogen-bond donors (Lipinski definition) is 2. The van der Waals surface area contributed by atoms with Gasteiger partial charge in [0.15, 0.2) is 0 Å². The molecule has 0 unspecified atom stereocenters. The van der Waals surface area contributed by atoms with Crippen molar-refractivity contribution in [2.24, 2.45) is 0 Å². The fourth-order valence-corrected chi connectivity index (χ4v) is 3.26. The summed E-state index contributed by atoms with van der Waals surface area (Å²) in [6, 6.07) is 11.9. The SMILES string of the molecule is OCc1ccc2c(-c3ccn4ncc(-c5cccnc5)c4c3)c[nH]c2n1. The fourth-order valence-electron chi connectivity index (χ4n) is 3.26. The number of rotatable bonds is 3. The molecule has 5 aromatic rings. The van der Waals surface area contributed by atoms with Gasteiger partial charge in [0, 0.05) is 46.9 Å². The lowest BCUT2D eigenvalue weighted by molar-refractivity contribution is 0.277. The number of aromatic nitrogens is 5. The Morgan fingerprint density at radius 2 is 2.00 bits per heavy atom. The average molecular weight is 341 g/mol. The van der Waals surface area contributed by atoms with Gasteiger partial charge < -0.3 is 10.1 Å². The summed E-state index contributed by atoms with van der Waals surface area (Å²) in [5.74, 6) is 0. The highest BCUT2D eigenvalue weighted by molar-refractivity contribution is 5.95. The summed E-state index contributed by atoms with van der Waals surface area (Å²) >= 11 is 0. The molecule has 126 valence electrons. The Kier molecular flexibility index (Phi) is 3.29. The fraction of sp³-hybridized carbons (Fsp3) is 0.0500. The zero-order valence-electron chi connectivity index (χ0n) is 13.8. The minimum atomic E-state index is -0.0689. The predicted molar refractivity (Wildman–Crippen MR) is 99.4 cm³/mol. The van der Waals surface area contributed by atoms with Gasteiger partial charge in [-0.1, -0.05) is 6.07 Å². The summed E-state index contributed by atoms with van der Waals surface area (Å²) in [5, 5.41) is 14.7. The van der Waals surface area contributed by atoms with E-state index >= 15 is 0 Å². The lowest BCUT2D eigenvalue weighted by atomic mass is 10.0. The van der Waals surface area contributed by atoms with E-state index in [2.05, 4.69) is 26.1 Å². The van der Waals surface area contributed by atoms with Gasteiger partial charge >= 0.3 is 0 Å². The molecule has 0 aliphatic heterocycles. The summed E-state index contributed by atoms with van der Waals surface area (Å²) in [4.78, 5) is 11.8. The van der Waals surface area contributed by atoms with Gasteiger partial charge in [0.05, 0.1) is 24.0 Å². The smallest absolute Gasteiger partial charge is 0.138 e. The molecule has 0 aromatic carbocycles. The van der Waals surface area contributed by atoms with Crippen LogP contribution in [-0.4, -0.2) is 29.7 Å². The number of hydrogen-bond acceptors (Lipinski definition) is 4. The van der Waals surface area contributed by atoms with Crippen molar-refractivity contribution < 1.29 is 5.11 Å². The highest BCUT2D eigenvalue weighted by Gasteiger charge is 2.11. The lowest BCUT2D eigenvalue weighted by Gasteiger charge is -2.04. The molecule has 5 rings (SSSR count). The Balaban J connectivity index is 1.68. The number of H-pyrrole nitrogens is 1. The molecule has 6 heteroatoms. The van der Waals surface area contributed by atoms with Crippen LogP contribution in [0.2, 0.25) is 0 Å². The second-order valence-electron chi connectivity index (χ2n) is 6.10. The summed E-state index contributed by atoms with van der Waals surface area (Å²) in [6.07, 6.45) is 9.38. The molecule has 6 nitrogen and oxygen atoms in total. The largest absolute Gasteiger partial charge is 0.390 e. The molecule has 5 aromatic heterocycles. The van der Waals surface area contributed by atoms with Crippen LogP contribution in [0.3, 0.4) is 0 Å². The Labute approximate surface area is 148 Å². The number of aliphatic hydroxyl groups excluding tert-OH is 1. The van der Waals surface area contributed by atoms with Crippen LogP contribution in [0.15, 0.2) is 67.4 Å². The van der Waals surface area contributed by atoms with Gasteiger partial charge in [0.2, 0.25) is 0 Å². The summed E-state index contributed by atoms with van der Waals surface area (Å²) in [7, 11) is 0. The highest BCUT2D eigenvalue weighted by Crippen LogP contribution is 2.31. The monoisotopic (exact) mass is 341 g/mol. The molecule has 0 saturated carbocycles. The standard InChI is InChI=1S/C20H15N5O/c26-12-15-3-4-16-17(10-22-20(16)24-15)13-5-7-25-19(8-13)18(11-23-25)14-2-1-6-21-9-14/h1-11,26H,12H2,(H,22,24). The molecule has 0 amide bonds. The van der Waals surface area contributed by atoms with E-state index in [4.69, 9.17) is 0 Å². The quantitative estimate of drug-likeness (QED) is 0.527. The molecular formula is C20H15N5O. The molecule has 0 saturated heterocycles. The van der Waals surface area contributed by atoms with Crippen molar-refractivity contribution in [3.8, 4) is 22.3 Å². The Bertz CT molecular complexity index is 1220. The number of pyridine rings is 3. The topological polar surface area (TPSA) is 79.1 Å². The maximum absolute atomic E-state index is 9.26. The zero-order valence-corrected chi connectivity index (χ0v) is 13.8. The minimum Gasteiger partial charge on any atom is -0.390 e. The van der Waals surface area contributed by atoms with Crippen LogP contribution in [-0.2, 0) is 6.61 Å². The van der Waals surface area contributed by atoms with E-state index in [1.165, 1.54) is 0 Å². The normalized spacial score (nSPS) is 11.4. The van der Waals surface area contributed by atoms with Gasteiger partial charge in [-0.15, -0.1) is 0 Å². The van der Waals surface area contributed by atoms with Gasteiger partial charge in [-0.25, -0.2) is 9.50 Å². The second-order valence-corrected chi connectivity index (χ2v) is 6.10. The molecule has 0 spiro atoms. The molecule has 0 aliphatic carbocycles. The maximum atomic E-state index is 9.26. The van der Waals surface area contributed by atoms with Crippen LogP contribution in [0.1, 0.15) is 5.69 Å². The van der Waals surface area contributed by atoms with Gasteiger partial charge in [-0.3, -0.25) is 4.98 Å². The third-order valence-corrected chi connectivity index (χ3v) is 4.56. The van der Waals surface area contributed by atoms with Crippen molar-refractivity contribution in [3.63, 3.8) is 0 Å². The van der Waals surface area contributed by atoms with E-state index in [1.807, 2.05) is 59.6 Å². The summed E-state index contributed by atoms with van der Waals surface area (Å²) in [5.41, 5.74) is 6.66. The third-order valence-electron chi connectivity index (χ3n) is 4.56. The molecule has 0 bridgehead atoms. The van der Waals surface area contributed by atoms with Crippen LogP contribution < -0.4 is 0 Å². The summed E-state index contributed by atoms with van der Waals surface area (Å²) in [6.45, 7) is -0.0689. The first kappa shape index (κ1) is 14.8.